The predicted molar refractivity (Wildman–Crippen MR) is 70.8 cm³/mol. The smallest absolute Gasteiger partial charge is 0.233 e. The molecule has 4 nitrogen and oxygen atoms in total. The molecular weight excluding hydrogens is 278 g/mol. The van der Waals surface area contributed by atoms with Crippen LogP contribution in [-0.4, -0.2) is 23.3 Å². The van der Waals surface area contributed by atoms with Crippen molar-refractivity contribution >= 4 is 11.8 Å². The largest absolute Gasteiger partial charge is 0.322 e. The molecule has 21 heavy (non-hydrogen) atoms. The van der Waals surface area contributed by atoms with Crippen LogP contribution in [-0.2, 0) is 9.59 Å². The van der Waals surface area contributed by atoms with Gasteiger partial charge >= 0.3 is 0 Å². The van der Waals surface area contributed by atoms with Crippen LogP contribution in [0.3, 0.4) is 0 Å². The Hall–Kier alpha value is -1.82. The summed E-state index contributed by atoms with van der Waals surface area (Å²) in [5, 5.41) is 0. The van der Waals surface area contributed by atoms with Gasteiger partial charge in [0.15, 0.2) is 11.6 Å². The number of rotatable bonds is 3. The average molecular weight is 294 g/mol. The van der Waals surface area contributed by atoms with Gasteiger partial charge in [0, 0.05) is 12.6 Å². The van der Waals surface area contributed by atoms with Gasteiger partial charge in [-0.05, 0) is 30.5 Å². The monoisotopic (exact) mass is 294 g/mol. The molecule has 2 N–H and O–H groups in total. The Balaban J connectivity index is 1.75. The number of amides is 2. The van der Waals surface area contributed by atoms with Crippen LogP contribution in [0.15, 0.2) is 18.2 Å². The standard InChI is InChI=1S/C15H16F2N2O2/c16-11-5-4-8(6-12(11)17)13(18)7-19-14(20)9-2-1-3-10(9)15(19)21/h4-6,9-10,13H,1-3,7,18H2. The van der Waals surface area contributed by atoms with E-state index in [0.717, 1.165) is 31.4 Å². The van der Waals surface area contributed by atoms with Crippen LogP contribution in [0.2, 0.25) is 0 Å². The number of imide groups is 1. The number of nitrogens with zero attached hydrogens (tertiary/aromatic N) is 1. The third kappa shape index (κ3) is 2.33. The van der Waals surface area contributed by atoms with E-state index in [1.54, 1.807) is 0 Å². The topological polar surface area (TPSA) is 63.4 Å². The van der Waals surface area contributed by atoms with E-state index < -0.39 is 17.7 Å². The maximum absolute atomic E-state index is 13.2. The van der Waals surface area contributed by atoms with E-state index in [1.165, 1.54) is 11.0 Å². The highest BCUT2D eigenvalue weighted by Gasteiger charge is 2.49. The highest BCUT2D eigenvalue weighted by Crippen LogP contribution is 2.40. The van der Waals surface area contributed by atoms with Crippen molar-refractivity contribution in [2.75, 3.05) is 6.54 Å². The Kier molecular flexibility index (Phi) is 3.49. The molecular formula is C15H16F2N2O2. The first kappa shape index (κ1) is 14.1. The normalized spacial score (nSPS) is 26.3. The molecule has 1 aromatic rings. The highest BCUT2D eigenvalue weighted by atomic mass is 19.2. The lowest BCUT2D eigenvalue weighted by atomic mass is 10.00. The van der Waals surface area contributed by atoms with Crippen molar-refractivity contribution in [2.45, 2.75) is 25.3 Å². The molecule has 3 atom stereocenters. The van der Waals surface area contributed by atoms with Gasteiger partial charge < -0.3 is 5.73 Å². The summed E-state index contributed by atoms with van der Waals surface area (Å²) in [7, 11) is 0. The lowest BCUT2D eigenvalue weighted by Gasteiger charge is -2.21. The summed E-state index contributed by atoms with van der Waals surface area (Å²) in [5.74, 6) is -2.72. The molecule has 1 saturated carbocycles. The van der Waals surface area contributed by atoms with E-state index in [-0.39, 0.29) is 30.2 Å². The fourth-order valence-corrected chi connectivity index (χ4v) is 3.29. The van der Waals surface area contributed by atoms with E-state index in [2.05, 4.69) is 0 Å². The number of fused-ring (bicyclic) bond motifs is 1. The molecule has 1 saturated heterocycles. The van der Waals surface area contributed by atoms with Gasteiger partial charge in [-0.25, -0.2) is 8.78 Å². The molecule has 0 spiro atoms. The molecule has 1 aliphatic heterocycles. The Morgan fingerprint density at radius 2 is 1.76 bits per heavy atom. The van der Waals surface area contributed by atoms with Crippen molar-refractivity contribution in [1.29, 1.82) is 0 Å². The number of hydrogen-bond acceptors (Lipinski definition) is 3. The van der Waals surface area contributed by atoms with Crippen molar-refractivity contribution in [1.82, 2.24) is 4.90 Å². The van der Waals surface area contributed by atoms with Crippen molar-refractivity contribution < 1.29 is 18.4 Å². The zero-order valence-corrected chi connectivity index (χ0v) is 11.4. The molecule has 1 heterocycles. The number of hydrogen-bond donors (Lipinski definition) is 1. The van der Waals surface area contributed by atoms with Crippen LogP contribution >= 0.6 is 0 Å². The third-order valence-electron chi connectivity index (χ3n) is 4.43. The van der Waals surface area contributed by atoms with Crippen molar-refractivity contribution in [3.8, 4) is 0 Å². The van der Waals surface area contributed by atoms with Gasteiger partial charge in [0.1, 0.15) is 0 Å². The first-order chi connectivity index (χ1) is 9.99. The minimum Gasteiger partial charge on any atom is -0.322 e. The van der Waals surface area contributed by atoms with Crippen molar-refractivity contribution in [2.24, 2.45) is 17.6 Å². The SMILES string of the molecule is NC(CN1C(=O)C2CCCC2C1=O)c1ccc(F)c(F)c1. The van der Waals surface area contributed by atoms with E-state index in [4.69, 9.17) is 5.73 Å². The molecule has 1 aliphatic carbocycles. The number of likely N-dealkylation sites (tertiary alicyclic amines) is 1. The lowest BCUT2D eigenvalue weighted by molar-refractivity contribution is -0.140. The number of halogens is 2. The van der Waals surface area contributed by atoms with Crippen LogP contribution in [0.4, 0.5) is 8.78 Å². The Labute approximate surface area is 120 Å². The number of carbonyl (C=O) groups is 2. The van der Waals surface area contributed by atoms with E-state index in [0.29, 0.717) is 5.56 Å². The van der Waals surface area contributed by atoms with Crippen LogP contribution < -0.4 is 5.73 Å². The van der Waals surface area contributed by atoms with Crippen LogP contribution in [0, 0.1) is 23.5 Å². The number of carbonyl (C=O) groups excluding carboxylic acids is 2. The molecule has 0 bridgehead atoms. The maximum Gasteiger partial charge on any atom is 0.233 e. The fraction of sp³-hybridized carbons (Fsp3) is 0.467. The van der Waals surface area contributed by atoms with Crippen molar-refractivity contribution in [3.05, 3.63) is 35.4 Å². The van der Waals surface area contributed by atoms with E-state index in [9.17, 15) is 18.4 Å². The minimum absolute atomic E-state index is 0.00966. The quantitative estimate of drug-likeness (QED) is 0.864. The molecule has 2 amide bonds. The minimum atomic E-state index is -0.987. The summed E-state index contributed by atoms with van der Waals surface area (Å²) >= 11 is 0. The molecule has 112 valence electrons. The maximum atomic E-state index is 13.2. The molecule has 3 unspecified atom stereocenters. The summed E-state index contributed by atoms with van der Waals surface area (Å²) in [4.78, 5) is 25.6. The molecule has 2 fully saturated rings. The van der Waals surface area contributed by atoms with E-state index in [1.807, 2.05) is 0 Å². The second-order valence-electron chi connectivity index (χ2n) is 5.71. The molecule has 0 aromatic heterocycles. The van der Waals surface area contributed by atoms with Gasteiger partial charge in [-0.3, -0.25) is 14.5 Å². The van der Waals surface area contributed by atoms with Gasteiger partial charge in [0.05, 0.1) is 11.8 Å². The molecule has 1 aromatic carbocycles. The first-order valence-corrected chi connectivity index (χ1v) is 7.05. The Bertz CT molecular complexity index is 583. The second kappa shape index (κ2) is 5.18. The van der Waals surface area contributed by atoms with Gasteiger partial charge in [0.2, 0.25) is 11.8 Å². The summed E-state index contributed by atoms with van der Waals surface area (Å²) < 4.78 is 26.1. The van der Waals surface area contributed by atoms with Crippen LogP contribution in [0.25, 0.3) is 0 Å². The summed E-state index contributed by atoms with van der Waals surface area (Å²) in [6.45, 7) is 0.00966. The van der Waals surface area contributed by atoms with Crippen LogP contribution in [0.1, 0.15) is 30.9 Å². The zero-order valence-electron chi connectivity index (χ0n) is 11.4. The molecule has 3 rings (SSSR count). The molecule has 2 aliphatic rings. The average Bonchev–Trinajstić information content (AvgIpc) is 3.02. The van der Waals surface area contributed by atoms with E-state index >= 15 is 0 Å². The number of nitrogens with two attached hydrogens (primary N) is 1. The molecule has 6 heteroatoms. The zero-order chi connectivity index (χ0) is 15.1. The Morgan fingerprint density at radius 3 is 2.33 bits per heavy atom. The summed E-state index contributed by atoms with van der Waals surface area (Å²) in [6, 6.07) is 2.65. The predicted octanol–water partition coefficient (Wildman–Crippen LogP) is 1.75. The van der Waals surface area contributed by atoms with Gasteiger partial charge in [-0.2, -0.15) is 0 Å². The van der Waals surface area contributed by atoms with Gasteiger partial charge in [0.25, 0.3) is 0 Å². The Morgan fingerprint density at radius 1 is 1.14 bits per heavy atom. The van der Waals surface area contributed by atoms with Gasteiger partial charge in [-0.1, -0.05) is 12.5 Å². The van der Waals surface area contributed by atoms with Crippen LogP contribution in [0.5, 0.6) is 0 Å². The fourth-order valence-electron chi connectivity index (χ4n) is 3.29. The van der Waals surface area contributed by atoms with Gasteiger partial charge in [-0.15, -0.1) is 0 Å². The van der Waals surface area contributed by atoms with Crippen molar-refractivity contribution in [3.63, 3.8) is 0 Å². The summed E-state index contributed by atoms with van der Waals surface area (Å²) in [5.41, 5.74) is 6.30. The first-order valence-electron chi connectivity index (χ1n) is 7.05. The second-order valence-corrected chi connectivity index (χ2v) is 5.71. The molecule has 0 radical (unpaired) electrons. The lowest BCUT2D eigenvalue weighted by Crippen LogP contribution is -2.37. The number of benzene rings is 1. The highest BCUT2D eigenvalue weighted by molar-refractivity contribution is 6.05. The summed E-state index contributed by atoms with van der Waals surface area (Å²) in [6.07, 6.45) is 2.38. The third-order valence-corrected chi connectivity index (χ3v) is 4.43.